The molecule has 8 aromatic rings. The molecular formula is C48H36N4. The van der Waals surface area contributed by atoms with Gasteiger partial charge in [-0.3, -0.25) is 0 Å². The summed E-state index contributed by atoms with van der Waals surface area (Å²) in [5.74, 6) is 4.69. The molecule has 0 radical (unpaired) electrons. The van der Waals surface area contributed by atoms with Crippen molar-refractivity contribution in [3.8, 4) is 45.3 Å². The van der Waals surface area contributed by atoms with Gasteiger partial charge in [0.25, 0.3) is 0 Å². The van der Waals surface area contributed by atoms with Gasteiger partial charge in [0.05, 0.1) is 6.57 Å². The Morgan fingerprint density at radius 2 is 0.962 bits per heavy atom. The first-order valence-corrected chi connectivity index (χ1v) is 18.7. The van der Waals surface area contributed by atoms with E-state index in [4.69, 9.17) is 21.5 Å². The van der Waals surface area contributed by atoms with Gasteiger partial charge < -0.3 is 0 Å². The van der Waals surface area contributed by atoms with Crippen molar-refractivity contribution in [2.45, 2.75) is 43.9 Å². The van der Waals surface area contributed by atoms with Crippen LogP contribution < -0.4 is 0 Å². The molecule has 0 N–H and O–H groups in total. The molecule has 4 aliphatic rings. The molecule has 1 aromatic heterocycles. The van der Waals surface area contributed by atoms with E-state index in [0.29, 0.717) is 28.6 Å². The van der Waals surface area contributed by atoms with Gasteiger partial charge in [0.2, 0.25) is 0 Å². The lowest BCUT2D eigenvalue weighted by molar-refractivity contribution is -0.00518. The van der Waals surface area contributed by atoms with Crippen LogP contribution in [0.15, 0.2) is 127 Å². The maximum absolute atomic E-state index is 7.43. The number of aromatic nitrogens is 3. The Kier molecular flexibility index (Phi) is 6.47. The fourth-order valence-electron chi connectivity index (χ4n) is 10.7. The monoisotopic (exact) mass is 668 g/mol. The molecule has 248 valence electrons. The SMILES string of the molecule is [C-]#[N+]c1ccc(-c2nc(-c3ccc(-c4ccc(C56CC7CC(CC(C7)C5)C6)cc4)cc3)nc(-c3ccc4ccc5cccc6ccc3c4c56)n2)cc1. The predicted molar refractivity (Wildman–Crippen MR) is 211 cm³/mol. The Morgan fingerprint density at radius 1 is 0.481 bits per heavy atom. The van der Waals surface area contributed by atoms with Crippen LogP contribution in [0, 0.1) is 24.3 Å². The van der Waals surface area contributed by atoms with Crippen LogP contribution in [-0.4, -0.2) is 15.0 Å². The minimum Gasteiger partial charge on any atom is -0.238 e. The van der Waals surface area contributed by atoms with E-state index in [-0.39, 0.29) is 0 Å². The molecule has 0 saturated heterocycles. The summed E-state index contributed by atoms with van der Waals surface area (Å²) in [5, 5.41) is 7.29. The molecule has 4 heteroatoms. The van der Waals surface area contributed by atoms with Gasteiger partial charge in [0, 0.05) is 16.7 Å². The average molecular weight is 669 g/mol. The third kappa shape index (κ3) is 4.69. The van der Waals surface area contributed by atoms with Gasteiger partial charge in [-0.2, -0.15) is 0 Å². The maximum Gasteiger partial charge on any atom is 0.187 e. The molecule has 4 nitrogen and oxygen atoms in total. The zero-order chi connectivity index (χ0) is 34.4. The largest absolute Gasteiger partial charge is 0.238 e. The Labute approximate surface area is 303 Å². The number of hydrogen-bond acceptors (Lipinski definition) is 3. The Balaban J connectivity index is 0.986. The van der Waals surface area contributed by atoms with Gasteiger partial charge in [-0.25, -0.2) is 19.8 Å². The van der Waals surface area contributed by atoms with E-state index >= 15 is 0 Å². The molecule has 4 saturated carbocycles. The van der Waals surface area contributed by atoms with E-state index in [9.17, 15) is 0 Å². The van der Waals surface area contributed by atoms with Crippen LogP contribution in [0.25, 0.3) is 82.5 Å². The molecule has 1 heterocycles. The summed E-state index contributed by atoms with van der Waals surface area (Å²) < 4.78 is 0. The van der Waals surface area contributed by atoms with Crippen LogP contribution in [0.4, 0.5) is 5.69 Å². The van der Waals surface area contributed by atoms with Crippen LogP contribution in [0.2, 0.25) is 0 Å². The molecular weight excluding hydrogens is 633 g/mol. The molecule has 4 bridgehead atoms. The van der Waals surface area contributed by atoms with Crippen LogP contribution in [0.3, 0.4) is 0 Å². The van der Waals surface area contributed by atoms with Crippen molar-refractivity contribution in [1.82, 2.24) is 15.0 Å². The van der Waals surface area contributed by atoms with Crippen molar-refractivity contribution in [1.29, 1.82) is 0 Å². The summed E-state index contributed by atoms with van der Waals surface area (Å²) in [6.07, 6.45) is 8.59. The second-order valence-electron chi connectivity index (χ2n) is 15.8. The quantitative estimate of drug-likeness (QED) is 0.135. The van der Waals surface area contributed by atoms with E-state index in [1.54, 1.807) is 5.56 Å². The van der Waals surface area contributed by atoms with Gasteiger partial charge in [-0.05, 0) is 117 Å². The van der Waals surface area contributed by atoms with E-state index in [0.717, 1.165) is 39.8 Å². The minimum absolute atomic E-state index is 0.413. The van der Waals surface area contributed by atoms with E-state index < -0.39 is 0 Å². The zero-order valence-electron chi connectivity index (χ0n) is 28.9. The van der Waals surface area contributed by atoms with Gasteiger partial charge in [-0.1, -0.05) is 121 Å². The number of rotatable bonds is 5. The highest BCUT2D eigenvalue weighted by molar-refractivity contribution is 6.25. The van der Waals surface area contributed by atoms with Gasteiger partial charge in [0.15, 0.2) is 23.2 Å². The van der Waals surface area contributed by atoms with Crippen LogP contribution in [-0.2, 0) is 5.41 Å². The normalized spacial score (nSPS) is 22.0. The first-order chi connectivity index (χ1) is 25.6. The van der Waals surface area contributed by atoms with Gasteiger partial charge >= 0.3 is 0 Å². The third-order valence-corrected chi connectivity index (χ3v) is 12.7. The van der Waals surface area contributed by atoms with Crippen molar-refractivity contribution in [2.24, 2.45) is 17.8 Å². The second kappa shape index (κ2) is 11.3. The molecule has 4 fully saturated rings. The lowest BCUT2D eigenvalue weighted by Crippen LogP contribution is -2.48. The van der Waals surface area contributed by atoms with E-state index in [1.165, 1.54) is 76.6 Å². The van der Waals surface area contributed by atoms with E-state index in [1.807, 2.05) is 24.3 Å². The molecule has 0 unspecified atom stereocenters. The first kappa shape index (κ1) is 29.8. The number of benzene rings is 7. The molecule has 7 aromatic carbocycles. The fraction of sp³-hybridized carbons (Fsp3) is 0.208. The fourth-order valence-corrected chi connectivity index (χ4v) is 10.7. The Morgan fingerprint density at radius 3 is 1.56 bits per heavy atom. The maximum atomic E-state index is 7.43. The summed E-state index contributed by atoms with van der Waals surface area (Å²) >= 11 is 0. The summed E-state index contributed by atoms with van der Waals surface area (Å²) in [5.41, 5.74) is 7.77. The highest BCUT2D eigenvalue weighted by Gasteiger charge is 2.51. The van der Waals surface area contributed by atoms with Crippen molar-refractivity contribution in [2.75, 3.05) is 0 Å². The van der Waals surface area contributed by atoms with Crippen LogP contribution in [0.1, 0.15) is 44.1 Å². The molecule has 12 rings (SSSR count). The molecule has 0 spiro atoms. The molecule has 52 heavy (non-hydrogen) atoms. The molecule has 0 atom stereocenters. The molecule has 4 aliphatic carbocycles. The van der Waals surface area contributed by atoms with Crippen molar-refractivity contribution in [3.05, 3.63) is 144 Å². The average Bonchev–Trinajstić information content (AvgIpc) is 3.19. The zero-order valence-corrected chi connectivity index (χ0v) is 28.9. The van der Waals surface area contributed by atoms with Crippen molar-refractivity contribution >= 4 is 38.0 Å². The predicted octanol–water partition coefficient (Wildman–Crippen LogP) is 12.5. The summed E-state index contributed by atoms with van der Waals surface area (Å²) in [6, 6.07) is 45.3. The minimum atomic E-state index is 0.413. The number of nitrogens with zero attached hydrogens (tertiary/aromatic N) is 4. The highest BCUT2D eigenvalue weighted by Crippen LogP contribution is 2.60. The highest BCUT2D eigenvalue weighted by atomic mass is 15.0. The van der Waals surface area contributed by atoms with Crippen molar-refractivity contribution < 1.29 is 0 Å². The second-order valence-corrected chi connectivity index (χ2v) is 15.8. The lowest BCUT2D eigenvalue weighted by atomic mass is 9.48. The third-order valence-electron chi connectivity index (χ3n) is 12.7. The molecule has 0 amide bonds. The summed E-state index contributed by atoms with van der Waals surface area (Å²) in [4.78, 5) is 18.8. The lowest BCUT2D eigenvalue weighted by Gasteiger charge is -2.57. The van der Waals surface area contributed by atoms with Gasteiger partial charge in [-0.15, -0.1) is 0 Å². The summed E-state index contributed by atoms with van der Waals surface area (Å²) in [7, 11) is 0. The van der Waals surface area contributed by atoms with E-state index in [2.05, 4.69) is 108 Å². The smallest absolute Gasteiger partial charge is 0.187 e. The van der Waals surface area contributed by atoms with Crippen molar-refractivity contribution in [3.63, 3.8) is 0 Å². The number of hydrogen-bond donors (Lipinski definition) is 0. The first-order valence-electron chi connectivity index (χ1n) is 18.7. The van der Waals surface area contributed by atoms with Crippen LogP contribution in [0.5, 0.6) is 0 Å². The van der Waals surface area contributed by atoms with Crippen LogP contribution >= 0.6 is 0 Å². The summed E-state index contributed by atoms with van der Waals surface area (Å²) in [6.45, 7) is 7.43. The Hall–Kier alpha value is -5.92. The Bertz CT molecular complexity index is 2650. The standard InChI is InChI=1S/C48H36N4/c1-49-40-19-13-38(14-20-40)46-50-45(51-47(52-46)42-22-16-36-8-7-34-3-2-4-35-15-21-41(42)44(36)43(34)35)37-9-5-32(6-10-37)33-11-17-39(18-12-33)48-26-29-23-30(27-48)25-31(24-29)28-48/h2-22,29-31H,23-28H2. The molecule has 0 aliphatic heterocycles. The van der Waals surface area contributed by atoms with Gasteiger partial charge in [0.1, 0.15) is 0 Å². The topological polar surface area (TPSA) is 43.0 Å².